The number of nitrogens with two attached hydrogens (primary N) is 1. The highest BCUT2D eigenvalue weighted by Gasteiger charge is 2.27. The van der Waals surface area contributed by atoms with Gasteiger partial charge >= 0.3 is 0 Å². The molecular formula is C41H33NO5. The third-order valence-corrected chi connectivity index (χ3v) is 9.47. The number of methoxy groups -OCH3 is 5. The van der Waals surface area contributed by atoms with Crippen LogP contribution in [0.4, 0.5) is 5.69 Å². The molecule has 0 radical (unpaired) electrons. The van der Waals surface area contributed by atoms with Crippen molar-refractivity contribution in [3.8, 4) is 51.0 Å². The molecule has 47 heavy (non-hydrogen) atoms. The second-order valence-corrected chi connectivity index (χ2v) is 11.7. The van der Waals surface area contributed by atoms with Gasteiger partial charge < -0.3 is 29.4 Å². The SMILES string of the molecule is COc1ccc(-c2c(N)c(-c3ccc(OC)cc3)c3c4ccc(OC)cc4c4cc(OC)cc5c6cc(OC)ccc6c2c3c54)cc1. The van der Waals surface area contributed by atoms with Crippen LogP contribution in [-0.4, -0.2) is 35.5 Å². The van der Waals surface area contributed by atoms with Crippen LogP contribution in [0, 0.1) is 0 Å². The van der Waals surface area contributed by atoms with E-state index in [1.165, 1.54) is 0 Å². The Balaban J connectivity index is 1.72. The van der Waals surface area contributed by atoms with E-state index in [1.807, 2.05) is 36.4 Å². The molecular weight excluding hydrogens is 586 g/mol. The Kier molecular flexibility index (Phi) is 6.62. The van der Waals surface area contributed by atoms with Crippen LogP contribution in [0.3, 0.4) is 0 Å². The quantitative estimate of drug-likeness (QED) is 0.109. The molecule has 0 saturated carbocycles. The third kappa shape index (κ3) is 4.18. The summed E-state index contributed by atoms with van der Waals surface area (Å²) in [4.78, 5) is 0. The summed E-state index contributed by atoms with van der Waals surface area (Å²) in [7, 11) is 8.46. The summed E-state index contributed by atoms with van der Waals surface area (Å²) >= 11 is 0. The number of ether oxygens (including phenoxy) is 5. The fourth-order valence-corrected chi connectivity index (χ4v) is 7.28. The normalized spacial score (nSPS) is 11.6. The molecule has 0 unspecified atom stereocenters. The summed E-state index contributed by atoms with van der Waals surface area (Å²) in [5.41, 5.74) is 12.1. The molecule has 0 amide bonds. The summed E-state index contributed by atoms with van der Waals surface area (Å²) in [6.45, 7) is 0. The molecule has 8 aromatic carbocycles. The van der Waals surface area contributed by atoms with Crippen LogP contribution in [-0.2, 0) is 0 Å². The lowest BCUT2D eigenvalue weighted by Crippen LogP contribution is -2.01. The molecule has 8 rings (SSSR count). The van der Waals surface area contributed by atoms with Crippen molar-refractivity contribution in [1.82, 2.24) is 0 Å². The van der Waals surface area contributed by atoms with Gasteiger partial charge in [-0.1, -0.05) is 36.4 Å². The summed E-state index contributed by atoms with van der Waals surface area (Å²) in [5, 5.41) is 10.8. The highest BCUT2D eigenvalue weighted by atomic mass is 16.5. The molecule has 232 valence electrons. The van der Waals surface area contributed by atoms with Crippen molar-refractivity contribution in [2.24, 2.45) is 0 Å². The van der Waals surface area contributed by atoms with Crippen molar-refractivity contribution in [2.45, 2.75) is 0 Å². The molecule has 0 fully saturated rings. The molecule has 0 saturated heterocycles. The van der Waals surface area contributed by atoms with E-state index in [0.717, 1.165) is 105 Å². The number of benzene rings is 8. The van der Waals surface area contributed by atoms with E-state index in [1.54, 1.807) is 35.5 Å². The summed E-state index contributed by atoms with van der Waals surface area (Å²) < 4.78 is 28.5. The molecule has 8 aromatic rings. The maximum atomic E-state index is 7.47. The van der Waals surface area contributed by atoms with Crippen molar-refractivity contribution in [3.63, 3.8) is 0 Å². The largest absolute Gasteiger partial charge is 0.497 e. The zero-order valence-electron chi connectivity index (χ0n) is 26.9. The lowest BCUT2D eigenvalue weighted by Gasteiger charge is -2.25. The van der Waals surface area contributed by atoms with Gasteiger partial charge in [0.2, 0.25) is 0 Å². The predicted octanol–water partition coefficient (Wildman–Crippen LogP) is 9.85. The molecule has 0 aliphatic rings. The first-order valence-corrected chi connectivity index (χ1v) is 15.4. The molecule has 6 heteroatoms. The minimum atomic E-state index is 0.693. The number of nitrogen functional groups attached to an aromatic ring is 1. The minimum absolute atomic E-state index is 0.693. The third-order valence-electron chi connectivity index (χ3n) is 9.47. The lowest BCUT2D eigenvalue weighted by atomic mass is 9.79. The Morgan fingerprint density at radius 2 is 0.702 bits per heavy atom. The van der Waals surface area contributed by atoms with Crippen molar-refractivity contribution in [2.75, 3.05) is 41.3 Å². The van der Waals surface area contributed by atoms with Crippen molar-refractivity contribution in [1.29, 1.82) is 0 Å². The maximum absolute atomic E-state index is 7.47. The molecule has 0 aliphatic carbocycles. The smallest absolute Gasteiger partial charge is 0.120 e. The van der Waals surface area contributed by atoms with Gasteiger partial charge in [0.1, 0.15) is 28.7 Å². The fourth-order valence-electron chi connectivity index (χ4n) is 7.28. The first-order valence-electron chi connectivity index (χ1n) is 15.4. The number of fused-ring (bicyclic) bond motifs is 6. The van der Waals surface area contributed by atoms with Crippen molar-refractivity contribution >= 4 is 59.5 Å². The van der Waals surface area contributed by atoms with Crippen LogP contribution in [0.2, 0.25) is 0 Å². The average Bonchev–Trinajstić information content (AvgIpc) is 3.13. The summed E-state index contributed by atoms with van der Waals surface area (Å²) in [6.07, 6.45) is 0. The van der Waals surface area contributed by atoms with Crippen LogP contribution in [0.25, 0.3) is 76.1 Å². The topological polar surface area (TPSA) is 72.2 Å². The monoisotopic (exact) mass is 619 g/mol. The molecule has 0 spiro atoms. The minimum Gasteiger partial charge on any atom is -0.497 e. The Hall–Kier alpha value is -5.88. The summed E-state index contributed by atoms with van der Waals surface area (Å²) in [5.74, 6) is 3.88. The van der Waals surface area contributed by atoms with Gasteiger partial charge in [0.25, 0.3) is 0 Å². The molecule has 0 bridgehead atoms. The molecule has 0 heterocycles. The first kappa shape index (κ1) is 28.6. The second-order valence-electron chi connectivity index (χ2n) is 11.7. The van der Waals surface area contributed by atoms with Gasteiger partial charge in [-0.3, -0.25) is 0 Å². The van der Waals surface area contributed by atoms with E-state index in [-0.39, 0.29) is 0 Å². The molecule has 0 aromatic heterocycles. The van der Waals surface area contributed by atoms with Crippen molar-refractivity contribution < 1.29 is 23.7 Å². The van der Waals surface area contributed by atoms with E-state index in [4.69, 9.17) is 29.4 Å². The highest BCUT2D eigenvalue weighted by molar-refractivity contribution is 6.45. The van der Waals surface area contributed by atoms with Crippen LogP contribution in [0.5, 0.6) is 28.7 Å². The number of hydrogen-bond donors (Lipinski definition) is 1. The standard InChI is InChI=1S/C41H33NO5/c1-43-24-10-6-22(7-11-24)35-38-29-16-14-26(45-3)18-31(29)33-20-28(47-5)21-34-32-19-27(46-4)15-17-30(32)39(40(38)37(33)34)36(41(35)42)23-8-12-25(44-2)13-9-23/h6-21H,42H2,1-5H3. The second kappa shape index (κ2) is 10.9. The number of anilines is 1. The highest BCUT2D eigenvalue weighted by Crippen LogP contribution is 2.55. The van der Waals surface area contributed by atoms with E-state index < -0.39 is 0 Å². The van der Waals surface area contributed by atoms with Gasteiger partial charge in [-0.2, -0.15) is 0 Å². The maximum Gasteiger partial charge on any atom is 0.120 e. The van der Waals surface area contributed by atoms with E-state index in [9.17, 15) is 0 Å². The van der Waals surface area contributed by atoms with Gasteiger partial charge in [-0.05, 0) is 109 Å². The Labute approximate surface area is 272 Å². The van der Waals surface area contributed by atoms with Crippen LogP contribution >= 0.6 is 0 Å². The Morgan fingerprint density at radius 1 is 0.340 bits per heavy atom. The van der Waals surface area contributed by atoms with E-state index in [2.05, 4.69) is 60.7 Å². The van der Waals surface area contributed by atoms with Crippen molar-refractivity contribution in [3.05, 3.63) is 97.1 Å². The number of hydrogen-bond acceptors (Lipinski definition) is 6. The van der Waals surface area contributed by atoms with Gasteiger partial charge in [-0.25, -0.2) is 0 Å². The van der Waals surface area contributed by atoms with Gasteiger partial charge in [-0.15, -0.1) is 0 Å². The molecule has 0 atom stereocenters. The Bertz CT molecular complexity index is 2320. The first-order chi connectivity index (χ1) is 23.0. The van der Waals surface area contributed by atoms with Gasteiger partial charge in [0.05, 0.1) is 35.5 Å². The summed E-state index contributed by atoms with van der Waals surface area (Å²) in [6, 6.07) is 33.1. The van der Waals surface area contributed by atoms with Gasteiger partial charge in [0.15, 0.2) is 0 Å². The Morgan fingerprint density at radius 3 is 1.09 bits per heavy atom. The predicted molar refractivity (Wildman–Crippen MR) is 193 cm³/mol. The van der Waals surface area contributed by atoms with Crippen LogP contribution in [0.15, 0.2) is 97.1 Å². The number of rotatable bonds is 7. The van der Waals surface area contributed by atoms with Gasteiger partial charge in [0, 0.05) is 33.0 Å². The average molecular weight is 620 g/mol. The van der Waals surface area contributed by atoms with E-state index in [0.29, 0.717) is 5.69 Å². The van der Waals surface area contributed by atoms with E-state index >= 15 is 0 Å². The van der Waals surface area contributed by atoms with Crippen LogP contribution < -0.4 is 29.4 Å². The zero-order valence-corrected chi connectivity index (χ0v) is 26.9. The molecule has 2 N–H and O–H groups in total. The van der Waals surface area contributed by atoms with Crippen LogP contribution in [0.1, 0.15) is 0 Å². The molecule has 0 aliphatic heterocycles. The lowest BCUT2D eigenvalue weighted by molar-refractivity contribution is 0.415. The zero-order chi connectivity index (χ0) is 32.4. The molecule has 6 nitrogen and oxygen atoms in total. The fraction of sp³-hybridized carbons (Fsp3) is 0.122.